The van der Waals surface area contributed by atoms with Gasteiger partial charge in [0.25, 0.3) is 0 Å². The van der Waals surface area contributed by atoms with Crippen LogP contribution in [0.2, 0.25) is 5.15 Å². The van der Waals surface area contributed by atoms with Gasteiger partial charge in [0.1, 0.15) is 11.4 Å². The molecule has 3 rings (SSSR count). The molecule has 0 spiro atoms. The summed E-state index contributed by atoms with van der Waals surface area (Å²) < 4.78 is 12.2. The van der Waals surface area contributed by atoms with Crippen molar-refractivity contribution in [3.8, 4) is 0 Å². The van der Waals surface area contributed by atoms with Gasteiger partial charge in [-0.2, -0.15) is 0 Å². The summed E-state index contributed by atoms with van der Waals surface area (Å²) in [6.07, 6.45) is 6.60. The Bertz CT molecular complexity index is 871. The van der Waals surface area contributed by atoms with Crippen LogP contribution in [-0.4, -0.2) is 40.5 Å². The average molecular weight is 360 g/mol. The van der Waals surface area contributed by atoms with Crippen molar-refractivity contribution in [3.63, 3.8) is 0 Å². The molecule has 0 fully saturated rings. The highest BCUT2D eigenvalue weighted by Crippen LogP contribution is 2.19. The number of rotatable bonds is 7. The van der Waals surface area contributed by atoms with Crippen LogP contribution < -0.4 is 0 Å². The summed E-state index contributed by atoms with van der Waals surface area (Å²) in [5.41, 5.74) is 1.39. The summed E-state index contributed by atoms with van der Waals surface area (Å²) in [6, 6.07) is 9.24. The molecule has 25 heavy (non-hydrogen) atoms. The predicted octanol–water partition coefficient (Wildman–Crippen LogP) is 3.27. The fourth-order valence-corrected chi connectivity index (χ4v) is 2.69. The van der Waals surface area contributed by atoms with Gasteiger partial charge in [-0.1, -0.05) is 17.7 Å². The number of imidazole rings is 1. The van der Waals surface area contributed by atoms with Gasteiger partial charge in [-0.25, -0.2) is 4.98 Å². The maximum atomic E-state index is 12.6. The molecule has 0 saturated heterocycles. The first kappa shape index (κ1) is 17.3. The summed E-state index contributed by atoms with van der Waals surface area (Å²) in [5.74, 6) is 0.557. The first-order chi connectivity index (χ1) is 12.2. The van der Waals surface area contributed by atoms with E-state index in [1.165, 1.54) is 6.08 Å². The Morgan fingerprint density at radius 3 is 3.04 bits per heavy atom. The van der Waals surface area contributed by atoms with E-state index in [2.05, 4.69) is 4.98 Å². The molecule has 0 saturated carbocycles. The second-order valence-electron chi connectivity index (χ2n) is 5.38. The van der Waals surface area contributed by atoms with Crippen LogP contribution in [-0.2, 0) is 16.1 Å². The van der Waals surface area contributed by atoms with Gasteiger partial charge in [0.2, 0.25) is 5.91 Å². The molecule has 0 aromatic carbocycles. The second-order valence-corrected chi connectivity index (χ2v) is 5.74. The van der Waals surface area contributed by atoms with Crippen LogP contribution in [0.5, 0.6) is 0 Å². The largest absolute Gasteiger partial charge is 0.467 e. The van der Waals surface area contributed by atoms with Crippen molar-refractivity contribution >= 4 is 29.2 Å². The quantitative estimate of drug-likeness (QED) is 0.607. The van der Waals surface area contributed by atoms with E-state index in [1.54, 1.807) is 30.4 Å². The number of aromatic nitrogens is 2. The number of amides is 1. The maximum absolute atomic E-state index is 12.6. The summed E-state index contributed by atoms with van der Waals surface area (Å²) in [7, 11) is 1.60. The van der Waals surface area contributed by atoms with Crippen LogP contribution in [0.15, 0.2) is 53.3 Å². The lowest BCUT2D eigenvalue weighted by atomic mass is 10.3. The standard InChI is InChI=1S/C18H18ClN3O3/c1-24-12-10-21(13-14-5-4-11-25-14)17(23)8-7-15-18(19)20-16-6-2-3-9-22(15)16/h2-9,11H,10,12-13H2,1H3/b8-7+. The summed E-state index contributed by atoms with van der Waals surface area (Å²) in [4.78, 5) is 18.5. The topological polar surface area (TPSA) is 60.0 Å². The van der Waals surface area contributed by atoms with Gasteiger partial charge in [0.05, 0.1) is 25.1 Å². The zero-order chi connectivity index (χ0) is 17.6. The first-order valence-electron chi connectivity index (χ1n) is 7.80. The number of fused-ring (bicyclic) bond motifs is 1. The number of carbonyl (C=O) groups is 1. The minimum Gasteiger partial charge on any atom is -0.467 e. The van der Waals surface area contributed by atoms with E-state index in [9.17, 15) is 4.79 Å². The number of halogens is 1. The van der Waals surface area contributed by atoms with Crippen LogP contribution in [0.4, 0.5) is 0 Å². The molecule has 0 unspecified atom stereocenters. The van der Waals surface area contributed by atoms with Crippen molar-refractivity contribution in [1.29, 1.82) is 0 Å². The molecule has 0 aliphatic carbocycles. The Morgan fingerprint density at radius 2 is 2.28 bits per heavy atom. The fraction of sp³-hybridized carbons (Fsp3) is 0.222. The molecule has 130 valence electrons. The highest BCUT2D eigenvalue weighted by atomic mass is 35.5. The number of ether oxygens (including phenoxy) is 1. The number of nitrogens with zero attached hydrogens (tertiary/aromatic N) is 3. The maximum Gasteiger partial charge on any atom is 0.247 e. The van der Waals surface area contributed by atoms with E-state index in [-0.39, 0.29) is 5.91 Å². The molecule has 0 aliphatic heterocycles. The van der Waals surface area contributed by atoms with Crippen LogP contribution >= 0.6 is 11.6 Å². The van der Waals surface area contributed by atoms with Crippen LogP contribution in [0.1, 0.15) is 11.5 Å². The number of furan rings is 1. The molecule has 1 amide bonds. The molecule has 7 heteroatoms. The Labute approximate surface area is 150 Å². The van der Waals surface area contributed by atoms with Crippen molar-refractivity contribution in [3.05, 3.63) is 65.5 Å². The van der Waals surface area contributed by atoms with Crippen molar-refractivity contribution in [2.75, 3.05) is 20.3 Å². The molecule has 0 atom stereocenters. The zero-order valence-corrected chi connectivity index (χ0v) is 14.5. The van der Waals surface area contributed by atoms with Crippen LogP contribution in [0.25, 0.3) is 11.7 Å². The first-order valence-corrected chi connectivity index (χ1v) is 8.17. The summed E-state index contributed by atoms with van der Waals surface area (Å²) >= 11 is 6.19. The Hall–Kier alpha value is -2.57. The fourth-order valence-electron chi connectivity index (χ4n) is 2.45. The highest BCUT2D eigenvalue weighted by Gasteiger charge is 2.14. The minimum atomic E-state index is -0.157. The van der Waals surface area contributed by atoms with E-state index in [4.69, 9.17) is 20.8 Å². The van der Waals surface area contributed by atoms with Gasteiger partial charge in [0.15, 0.2) is 5.15 Å². The van der Waals surface area contributed by atoms with Gasteiger partial charge in [-0.05, 0) is 30.3 Å². The smallest absolute Gasteiger partial charge is 0.247 e. The van der Waals surface area contributed by atoms with E-state index in [1.807, 2.05) is 34.9 Å². The third-order valence-electron chi connectivity index (χ3n) is 3.71. The summed E-state index contributed by atoms with van der Waals surface area (Å²) in [6.45, 7) is 1.28. The zero-order valence-electron chi connectivity index (χ0n) is 13.8. The van der Waals surface area contributed by atoms with Gasteiger partial charge in [-0.15, -0.1) is 0 Å². The summed E-state index contributed by atoms with van der Waals surface area (Å²) in [5, 5.41) is 0.352. The van der Waals surface area contributed by atoms with Crippen LogP contribution in [0.3, 0.4) is 0 Å². The van der Waals surface area contributed by atoms with E-state index in [0.717, 1.165) is 5.65 Å². The number of carbonyl (C=O) groups excluding carboxylic acids is 1. The Balaban J connectivity index is 1.79. The third kappa shape index (κ3) is 4.10. The second kappa shape index (κ2) is 8.00. The van der Waals surface area contributed by atoms with Gasteiger partial charge in [-0.3, -0.25) is 9.20 Å². The number of methoxy groups -OCH3 is 1. The van der Waals surface area contributed by atoms with Crippen LogP contribution in [0, 0.1) is 0 Å². The van der Waals surface area contributed by atoms with E-state index < -0.39 is 0 Å². The highest BCUT2D eigenvalue weighted by molar-refractivity contribution is 6.31. The monoisotopic (exact) mass is 359 g/mol. The normalized spacial score (nSPS) is 11.4. The molecule has 3 heterocycles. The van der Waals surface area contributed by atoms with Crippen molar-refractivity contribution in [2.45, 2.75) is 6.54 Å². The lowest BCUT2D eigenvalue weighted by Crippen LogP contribution is -2.32. The van der Waals surface area contributed by atoms with Gasteiger partial charge < -0.3 is 14.1 Å². The van der Waals surface area contributed by atoms with Crippen molar-refractivity contribution < 1.29 is 13.9 Å². The SMILES string of the molecule is COCCN(Cc1ccco1)C(=O)/C=C/c1c(Cl)nc2ccccn12. The number of hydrogen-bond acceptors (Lipinski definition) is 4. The minimum absolute atomic E-state index is 0.157. The number of pyridine rings is 1. The molecule has 6 nitrogen and oxygen atoms in total. The van der Waals surface area contributed by atoms with E-state index >= 15 is 0 Å². The third-order valence-corrected chi connectivity index (χ3v) is 3.99. The van der Waals surface area contributed by atoms with Crippen molar-refractivity contribution in [1.82, 2.24) is 14.3 Å². The molecular formula is C18H18ClN3O3. The lowest BCUT2D eigenvalue weighted by Gasteiger charge is -2.19. The molecular weight excluding hydrogens is 342 g/mol. The molecule has 3 aromatic rings. The molecule has 3 aromatic heterocycles. The predicted molar refractivity (Wildman–Crippen MR) is 95.2 cm³/mol. The average Bonchev–Trinajstić information content (AvgIpc) is 3.23. The van der Waals surface area contributed by atoms with Gasteiger partial charge >= 0.3 is 0 Å². The molecule has 0 aliphatic rings. The Kier molecular flexibility index (Phi) is 5.53. The molecule has 0 radical (unpaired) electrons. The Morgan fingerprint density at radius 1 is 1.40 bits per heavy atom. The number of hydrogen-bond donors (Lipinski definition) is 0. The lowest BCUT2D eigenvalue weighted by molar-refractivity contribution is -0.127. The van der Waals surface area contributed by atoms with Crippen molar-refractivity contribution in [2.24, 2.45) is 0 Å². The molecule has 0 bridgehead atoms. The molecule has 0 N–H and O–H groups in total. The van der Waals surface area contributed by atoms with Gasteiger partial charge in [0, 0.05) is 25.9 Å². The van der Waals surface area contributed by atoms with E-state index in [0.29, 0.717) is 36.3 Å².